The summed E-state index contributed by atoms with van der Waals surface area (Å²) in [6.07, 6.45) is 0. The second-order valence-electron chi connectivity index (χ2n) is 4.49. The standard InChI is InChI=1S/C15H14ClNO/c16-15-5-10(7-17)1-4-14(15)11-2-3-12-8-18-9-13(12)6-11/h1-6H,7-9,17H2. The van der Waals surface area contributed by atoms with Crippen molar-refractivity contribution in [3.05, 3.63) is 58.1 Å². The molecule has 0 saturated carbocycles. The van der Waals surface area contributed by atoms with Crippen molar-refractivity contribution in [3.63, 3.8) is 0 Å². The van der Waals surface area contributed by atoms with Gasteiger partial charge in [0, 0.05) is 17.1 Å². The third kappa shape index (κ3) is 2.03. The van der Waals surface area contributed by atoms with Gasteiger partial charge in [-0.05, 0) is 34.4 Å². The third-order valence-electron chi connectivity index (χ3n) is 3.30. The summed E-state index contributed by atoms with van der Waals surface area (Å²) in [4.78, 5) is 0. The summed E-state index contributed by atoms with van der Waals surface area (Å²) in [5, 5.41) is 0.747. The van der Waals surface area contributed by atoms with Crippen LogP contribution in [0, 0.1) is 0 Å². The van der Waals surface area contributed by atoms with Crippen LogP contribution in [-0.4, -0.2) is 0 Å². The molecule has 0 unspecified atom stereocenters. The zero-order valence-corrected chi connectivity index (χ0v) is 10.7. The number of hydrogen-bond acceptors (Lipinski definition) is 2. The Bertz CT molecular complexity index is 595. The summed E-state index contributed by atoms with van der Waals surface area (Å²) in [5.74, 6) is 0. The van der Waals surface area contributed by atoms with Crippen LogP contribution in [0.4, 0.5) is 0 Å². The Hall–Kier alpha value is -1.35. The van der Waals surface area contributed by atoms with Gasteiger partial charge in [0.05, 0.1) is 13.2 Å². The highest BCUT2D eigenvalue weighted by Crippen LogP contribution is 2.32. The smallest absolute Gasteiger partial charge is 0.0725 e. The quantitative estimate of drug-likeness (QED) is 0.896. The largest absolute Gasteiger partial charge is 0.372 e. The Morgan fingerprint density at radius 1 is 1.06 bits per heavy atom. The molecule has 3 rings (SSSR count). The monoisotopic (exact) mass is 259 g/mol. The van der Waals surface area contributed by atoms with Crippen LogP contribution in [0.15, 0.2) is 36.4 Å². The first kappa shape index (κ1) is 11.7. The molecular weight excluding hydrogens is 246 g/mol. The molecule has 0 aliphatic carbocycles. The number of hydrogen-bond donors (Lipinski definition) is 1. The molecule has 2 aromatic carbocycles. The molecule has 2 N–H and O–H groups in total. The number of fused-ring (bicyclic) bond motifs is 1. The van der Waals surface area contributed by atoms with Crippen LogP contribution in [0.1, 0.15) is 16.7 Å². The number of rotatable bonds is 2. The second kappa shape index (κ2) is 4.73. The molecule has 2 aromatic rings. The second-order valence-corrected chi connectivity index (χ2v) is 4.90. The Kier molecular flexibility index (Phi) is 3.08. The van der Waals surface area contributed by atoms with Gasteiger partial charge in [0.15, 0.2) is 0 Å². The lowest BCUT2D eigenvalue weighted by molar-refractivity contribution is 0.134. The van der Waals surface area contributed by atoms with Crippen LogP contribution in [0.5, 0.6) is 0 Å². The van der Waals surface area contributed by atoms with Crippen molar-refractivity contribution in [2.24, 2.45) is 5.73 Å². The Labute approximate surface area is 111 Å². The van der Waals surface area contributed by atoms with Crippen LogP contribution in [-0.2, 0) is 24.5 Å². The first-order valence-electron chi connectivity index (χ1n) is 5.96. The van der Waals surface area contributed by atoms with Crippen LogP contribution < -0.4 is 5.73 Å². The van der Waals surface area contributed by atoms with Gasteiger partial charge in [-0.1, -0.05) is 35.9 Å². The highest BCUT2D eigenvalue weighted by atomic mass is 35.5. The minimum Gasteiger partial charge on any atom is -0.372 e. The van der Waals surface area contributed by atoms with Gasteiger partial charge in [-0.2, -0.15) is 0 Å². The van der Waals surface area contributed by atoms with Gasteiger partial charge in [-0.25, -0.2) is 0 Å². The molecule has 92 valence electrons. The number of ether oxygens (including phenoxy) is 1. The predicted octanol–water partition coefficient (Wildman–Crippen LogP) is 3.50. The Balaban J connectivity index is 2.04. The molecule has 1 aliphatic rings. The van der Waals surface area contributed by atoms with E-state index in [1.807, 2.05) is 18.2 Å². The molecule has 1 aliphatic heterocycles. The third-order valence-corrected chi connectivity index (χ3v) is 3.61. The minimum absolute atomic E-state index is 0.512. The maximum Gasteiger partial charge on any atom is 0.0725 e. The van der Waals surface area contributed by atoms with E-state index in [0.29, 0.717) is 13.2 Å². The highest BCUT2D eigenvalue weighted by molar-refractivity contribution is 6.33. The summed E-state index contributed by atoms with van der Waals surface area (Å²) in [7, 11) is 0. The van der Waals surface area contributed by atoms with E-state index in [1.165, 1.54) is 11.1 Å². The normalized spacial score (nSPS) is 13.7. The number of benzene rings is 2. The zero-order valence-electron chi connectivity index (χ0n) is 9.95. The number of nitrogens with two attached hydrogens (primary N) is 1. The molecule has 0 bridgehead atoms. The summed E-state index contributed by atoms with van der Waals surface area (Å²) >= 11 is 6.31. The van der Waals surface area contributed by atoms with Crippen molar-refractivity contribution in [1.29, 1.82) is 0 Å². The van der Waals surface area contributed by atoms with Gasteiger partial charge >= 0.3 is 0 Å². The fraction of sp³-hybridized carbons (Fsp3) is 0.200. The first-order valence-corrected chi connectivity index (χ1v) is 6.34. The number of halogens is 1. The SMILES string of the molecule is NCc1ccc(-c2ccc3c(c2)COC3)c(Cl)c1. The van der Waals surface area contributed by atoms with Crippen molar-refractivity contribution < 1.29 is 4.74 Å². The van der Waals surface area contributed by atoms with Gasteiger partial charge in [0.2, 0.25) is 0 Å². The van der Waals surface area contributed by atoms with E-state index in [2.05, 4.69) is 18.2 Å². The van der Waals surface area contributed by atoms with Gasteiger partial charge in [0.25, 0.3) is 0 Å². The Morgan fingerprint density at radius 2 is 1.89 bits per heavy atom. The summed E-state index contributed by atoms with van der Waals surface area (Å²) < 4.78 is 5.42. The van der Waals surface area contributed by atoms with Crippen LogP contribution in [0.3, 0.4) is 0 Å². The van der Waals surface area contributed by atoms with E-state index in [-0.39, 0.29) is 0 Å². The van der Waals surface area contributed by atoms with Gasteiger partial charge in [-0.15, -0.1) is 0 Å². The van der Waals surface area contributed by atoms with E-state index in [1.54, 1.807) is 0 Å². The summed E-state index contributed by atoms with van der Waals surface area (Å²) in [6.45, 7) is 1.93. The molecule has 0 atom stereocenters. The first-order chi connectivity index (χ1) is 8.78. The van der Waals surface area contributed by atoms with E-state index in [4.69, 9.17) is 22.1 Å². The average molecular weight is 260 g/mol. The lowest BCUT2D eigenvalue weighted by atomic mass is 9.99. The minimum atomic E-state index is 0.512. The molecule has 1 heterocycles. The molecule has 0 amide bonds. The fourth-order valence-electron chi connectivity index (χ4n) is 2.26. The highest BCUT2D eigenvalue weighted by Gasteiger charge is 2.13. The Morgan fingerprint density at radius 3 is 2.67 bits per heavy atom. The summed E-state index contributed by atoms with van der Waals surface area (Å²) in [5.41, 5.74) is 11.4. The van der Waals surface area contributed by atoms with Gasteiger partial charge < -0.3 is 10.5 Å². The predicted molar refractivity (Wildman–Crippen MR) is 73.3 cm³/mol. The van der Waals surface area contributed by atoms with Crippen LogP contribution >= 0.6 is 11.6 Å². The van der Waals surface area contributed by atoms with E-state index < -0.39 is 0 Å². The van der Waals surface area contributed by atoms with Gasteiger partial charge in [0.1, 0.15) is 0 Å². The van der Waals surface area contributed by atoms with E-state index >= 15 is 0 Å². The molecule has 2 nitrogen and oxygen atoms in total. The van der Waals surface area contributed by atoms with Crippen molar-refractivity contribution in [2.45, 2.75) is 19.8 Å². The molecule has 0 aromatic heterocycles. The average Bonchev–Trinajstić information content (AvgIpc) is 2.85. The molecule has 18 heavy (non-hydrogen) atoms. The zero-order chi connectivity index (χ0) is 12.5. The van der Waals surface area contributed by atoms with E-state index in [9.17, 15) is 0 Å². The fourth-order valence-corrected chi connectivity index (χ4v) is 2.57. The molecular formula is C15H14ClNO. The van der Waals surface area contributed by atoms with E-state index in [0.717, 1.165) is 28.3 Å². The maximum atomic E-state index is 6.31. The lowest BCUT2D eigenvalue weighted by Gasteiger charge is -2.08. The van der Waals surface area contributed by atoms with Crippen molar-refractivity contribution >= 4 is 11.6 Å². The molecule has 0 radical (unpaired) electrons. The lowest BCUT2D eigenvalue weighted by Crippen LogP contribution is -1.96. The van der Waals surface area contributed by atoms with Crippen molar-refractivity contribution in [1.82, 2.24) is 0 Å². The van der Waals surface area contributed by atoms with Crippen molar-refractivity contribution in [2.75, 3.05) is 0 Å². The molecule has 0 fully saturated rings. The maximum absolute atomic E-state index is 6.31. The topological polar surface area (TPSA) is 35.2 Å². The molecule has 0 spiro atoms. The summed E-state index contributed by atoms with van der Waals surface area (Å²) in [6, 6.07) is 12.3. The van der Waals surface area contributed by atoms with Gasteiger partial charge in [-0.3, -0.25) is 0 Å². The van der Waals surface area contributed by atoms with Crippen molar-refractivity contribution in [3.8, 4) is 11.1 Å². The van der Waals surface area contributed by atoms with Crippen LogP contribution in [0.2, 0.25) is 5.02 Å². The van der Waals surface area contributed by atoms with Crippen LogP contribution in [0.25, 0.3) is 11.1 Å². The molecule has 0 saturated heterocycles. The molecule has 3 heteroatoms.